The third-order valence-corrected chi connectivity index (χ3v) is 3.29. The fourth-order valence-electron chi connectivity index (χ4n) is 2.26. The zero-order chi connectivity index (χ0) is 14.0. The van der Waals surface area contributed by atoms with Crippen LogP contribution < -0.4 is 4.90 Å². The first kappa shape index (κ1) is 13.2. The number of carboxylic acids is 1. The molecule has 2 amide bonds. The number of likely N-dealkylation sites (tertiary alicyclic amines) is 1. The van der Waals surface area contributed by atoms with E-state index in [2.05, 4.69) is 0 Å². The van der Waals surface area contributed by atoms with Crippen LogP contribution in [0.25, 0.3) is 0 Å². The number of carbonyl (C=O) groups is 2. The number of phenols is 1. The molecule has 1 aromatic rings. The van der Waals surface area contributed by atoms with E-state index in [-0.39, 0.29) is 11.8 Å². The zero-order valence-corrected chi connectivity index (χ0v) is 10.6. The molecule has 0 bridgehead atoms. The molecule has 1 aliphatic rings. The van der Waals surface area contributed by atoms with Crippen molar-refractivity contribution in [2.24, 2.45) is 0 Å². The Kier molecular flexibility index (Phi) is 3.59. The third kappa shape index (κ3) is 2.62. The molecular formula is C13H16N2O4. The van der Waals surface area contributed by atoms with Gasteiger partial charge in [-0.25, -0.2) is 9.59 Å². The Hall–Kier alpha value is -2.24. The van der Waals surface area contributed by atoms with Gasteiger partial charge in [0.05, 0.1) is 0 Å². The predicted octanol–water partition coefficient (Wildman–Crippen LogP) is 1.50. The van der Waals surface area contributed by atoms with Crippen LogP contribution in [0.1, 0.15) is 12.8 Å². The summed E-state index contributed by atoms with van der Waals surface area (Å²) in [5, 5.41) is 18.5. The molecule has 2 rings (SSSR count). The third-order valence-electron chi connectivity index (χ3n) is 3.29. The number of rotatable bonds is 2. The second-order valence-electron chi connectivity index (χ2n) is 4.55. The molecule has 0 aliphatic carbocycles. The van der Waals surface area contributed by atoms with Gasteiger partial charge in [0.2, 0.25) is 0 Å². The number of hydrogen-bond donors (Lipinski definition) is 2. The number of anilines is 1. The summed E-state index contributed by atoms with van der Waals surface area (Å²) in [6.07, 6.45) is 1.17. The molecule has 0 aromatic heterocycles. The van der Waals surface area contributed by atoms with Crippen LogP contribution in [0.4, 0.5) is 10.5 Å². The maximum absolute atomic E-state index is 12.3. The molecule has 1 saturated heterocycles. The van der Waals surface area contributed by atoms with Crippen molar-refractivity contribution in [2.75, 3.05) is 18.5 Å². The molecule has 2 N–H and O–H groups in total. The van der Waals surface area contributed by atoms with Gasteiger partial charge in [0, 0.05) is 25.3 Å². The van der Waals surface area contributed by atoms with Crippen LogP contribution >= 0.6 is 0 Å². The van der Waals surface area contributed by atoms with Crippen molar-refractivity contribution in [3.63, 3.8) is 0 Å². The molecule has 0 spiro atoms. The maximum atomic E-state index is 12.3. The molecule has 1 fully saturated rings. The van der Waals surface area contributed by atoms with Crippen LogP contribution in [-0.4, -0.2) is 46.7 Å². The largest absolute Gasteiger partial charge is 0.508 e. The Labute approximate surface area is 110 Å². The predicted molar refractivity (Wildman–Crippen MR) is 69.3 cm³/mol. The Morgan fingerprint density at radius 1 is 1.42 bits per heavy atom. The van der Waals surface area contributed by atoms with E-state index < -0.39 is 12.0 Å². The normalized spacial score (nSPS) is 18.4. The number of carboxylic acid groups (broad SMARTS) is 1. The van der Waals surface area contributed by atoms with Crippen molar-refractivity contribution in [3.8, 4) is 5.75 Å². The van der Waals surface area contributed by atoms with Crippen LogP contribution in [0.5, 0.6) is 5.75 Å². The highest BCUT2D eigenvalue weighted by Crippen LogP contribution is 2.23. The van der Waals surface area contributed by atoms with Gasteiger partial charge in [0.15, 0.2) is 0 Å². The van der Waals surface area contributed by atoms with Gasteiger partial charge in [0.1, 0.15) is 11.8 Å². The fourth-order valence-corrected chi connectivity index (χ4v) is 2.26. The molecule has 1 aliphatic heterocycles. The highest BCUT2D eigenvalue weighted by Gasteiger charge is 2.35. The Bertz CT molecular complexity index is 503. The van der Waals surface area contributed by atoms with Crippen molar-refractivity contribution in [3.05, 3.63) is 24.3 Å². The van der Waals surface area contributed by atoms with Crippen molar-refractivity contribution >= 4 is 17.7 Å². The van der Waals surface area contributed by atoms with Gasteiger partial charge in [-0.2, -0.15) is 0 Å². The average molecular weight is 264 g/mol. The number of aromatic hydroxyl groups is 1. The number of amides is 2. The molecule has 1 aromatic carbocycles. The van der Waals surface area contributed by atoms with Crippen LogP contribution in [-0.2, 0) is 4.79 Å². The SMILES string of the molecule is CN(C(=O)N1CCC[C@@H]1C(=O)O)c1cccc(O)c1. The minimum atomic E-state index is -0.977. The van der Waals surface area contributed by atoms with Gasteiger partial charge in [-0.3, -0.25) is 4.90 Å². The first-order valence-corrected chi connectivity index (χ1v) is 6.07. The highest BCUT2D eigenvalue weighted by atomic mass is 16.4. The molecule has 0 radical (unpaired) electrons. The minimum absolute atomic E-state index is 0.0633. The summed E-state index contributed by atoms with van der Waals surface area (Å²) in [4.78, 5) is 26.1. The molecule has 19 heavy (non-hydrogen) atoms. The van der Waals surface area contributed by atoms with E-state index in [0.717, 1.165) is 0 Å². The second-order valence-corrected chi connectivity index (χ2v) is 4.55. The first-order chi connectivity index (χ1) is 9.00. The van der Waals surface area contributed by atoms with Crippen LogP contribution in [0.15, 0.2) is 24.3 Å². The van der Waals surface area contributed by atoms with E-state index in [9.17, 15) is 14.7 Å². The van der Waals surface area contributed by atoms with E-state index >= 15 is 0 Å². The van der Waals surface area contributed by atoms with Gasteiger partial charge in [-0.15, -0.1) is 0 Å². The lowest BCUT2D eigenvalue weighted by molar-refractivity contribution is -0.141. The van der Waals surface area contributed by atoms with E-state index in [1.807, 2.05) is 0 Å². The minimum Gasteiger partial charge on any atom is -0.508 e. The van der Waals surface area contributed by atoms with Gasteiger partial charge in [0.25, 0.3) is 0 Å². The molecular weight excluding hydrogens is 248 g/mol. The van der Waals surface area contributed by atoms with E-state index in [0.29, 0.717) is 25.1 Å². The summed E-state index contributed by atoms with van der Waals surface area (Å²) in [6, 6.07) is 5.17. The summed E-state index contributed by atoms with van der Waals surface area (Å²) in [6.45, 7) is 0.443. The highest BCUT2D eigenvalue weighted by molar-refractivity contribution is 5.94. The summed E-state index contributed by atoms with van der Waals surface area (Å²) in [7, 11) is 1.56. The van der Waals surface area contributed by atoms with Crippen molar-refractivity contribution in [1.29, 1.82) is 0 Å². The number of aliphatic carboxylic acids is 1. The number of benzene rings is 1. The maximum Gasteiger partial charge on any atom is 0.326 e. The second kappa shape index (κ2) is 5.17. The molecule has 6 nitrogen and oxygen atoms in total. The van der Waals surface area contributed by atoms with Gasteiger partial charge < -0.3 is 15.1 Å². The molecule has 6 heteroatoms. The van der Waals surface area contributed by atoms with Gasteiger partial charge in [-0.1, -0.05) is 6.07 Å². The lowest BCUT2D eigenvalue weighted by Crippen LogP contribution is -2.46. The summed E-state index contributed by atoms with van der Waals surface area (Å²) < 4.78 is 0. The molecule has 0 unspecified atom stereocenters. The lowest BCUT2D eigenvalue weighted by atomic mass is 10.2. The van der Waals surface area contributed by atoms with Gasteiger partial charge >= 0.3 is 12.0 Å². The quantitative estimate of drug-likeness (QED) is 0.848. The number of urea groups is 1. The smallest absolute Gasteiger partial charge is 0.326 e. The van der Waals surface area contributed by atoms with Crippen LogP contribution in [0, 0.1) is 0 Å². The lowest BCUT2D eigenvalue weighted by Gasteiger charge is -2.27. The first-order valence-electron chi connectivity index (χ1n) is 6.07. The monoisotopic (exact) mass is 264 g/mol. The molecule has 1 heterocycles. The number of phenolic OH excluding ortho intramolecular Hbond substituents is 1. The molecule has 0 saturated carbocycles. The van der Waals surface area contributed by atoms with Crippen LogP contribution in [0.3, 0.4) is 0 Å². The number of carbonyl (C=O) groups excluding carboxylic acids is 1. The number of hydrogen-bond acceptors (Lipinski definition) is 3. The average Bonchev–Trinajstić information content (AvgIpc) is 2.86. The van der Waals surface area contributed by atoms with Crippen molar-refractivity contribution < 1.29 is 19.8 Å². The van der Waals surface area contributed by atoms with E-state index in [4.69, 9.17) is 5.11 Å². The zero-order valence-electron chi connectivity index (χ0n) is 10.6. The van der Waals surface area contributed by atoms with Gasteiger partial charge in [-0.05, 0) is 25.0 Å². The Morgan fingerprint density at radius 2 is 2.16 bits per heavy atom. The Balaban J connectivity index is 2.17. The van der Waals surface area contributed by atoms with Crippen molar-refractivity contribution in [2.45, 2.75) is 18.9 Å². The molecule has 1 atom stereocenters. The number of nitrogens with zero attached hydrogens (tertiary/aromatic N) is 2. The van der Waals surface area contributed by atoms with E-state index in [1.165, 1.54) is 21.9 Å². The summed E-state index contributed by atoms with van der Waals surface area (Å²) >= 11 is 0. The van der Waals surface area contributed by atoms with Crippen molar-refractivity contribution in [1.82, 2.24) is 4.90 Å². The fraction of sp³-hybridized carbons (Fsp3) is 0.385. The topological polar surface area (TPSA) is 81.1 Å². The van der Waals surface area contributed by atoms with Crippen LogP contribution in [0.2, 0.25) is 0 Å². The summed E-state index contributed by atoms with van der Waals surface area (Å²) in [5.74, 6) is -0.913. The Morgan fingerprint density at radius 3 is 2.79 bits per heavy atom. The summed E-state index contributed by atoms with van der Waals surface area (Å²) in [5.41, 5.74) is 0.529. The molecule has 102 valence electrons. The van der Waals surface area contributed by atoms with E-state index in [1.54, 1.807) is 19.2 Å². The standard InChI is InChI=1S/C13H16N2O4/c1-14(9-4-2-5-10(16)8-9)13(19)15-7-3-6-11(15)12(17)18/h2,4-5,8,11,16H,3,6-7H2,1H3,(H,17,18)/t11-/m1/s1.